The van der Waals surface area contributed by atoms with E-state index in [1.165, 1.54) is 19.4 Å². The molecule has 1 aliphatic heterocycles. The van der Waals surface area contributed by atoms with Crippen LogP contribution in [0.4, 0.5) is 0 Å². The van der Waals surface area contributed by atoms with Gasteiger partial charge in [-0.05, 0) is 32.2 Å². The first-order valence-corrected chi connectivity index (χ1v) is 5.89. The molecule has 18 heavy (non-hydrogen) atoms. The molecule has 0 radical (unpaired) electrons. The second kappa shape index (κ2) is 7.87. The summed E-state index contributed by atoms with van der Waals surface area (Å²) in [6.07, 6.45) is 3.51. The molecule has 0 aromatic heterocycles. The van der Waals surface area contributed by atoms with E-state index >= 15 is 0 Å². The number of carbonyl (C=O) groups is 2. The Morgan fingerprint density at radius 1 is 1.22 bits per heavy atom. The van der Waals surface area contributed by atoms with Crippen LogP contribution in [0.5, 0.6) is 0 Å². The van der Waals surface area contributed by atoms with Crippen molar-refractivity contribution >= 4 is 11.9 Å². The van der Waals surface area contributed by atoms with E-state index in [-0.39, 0.29) is 33.9 Å². The van der Waals surface area contributed by atoms with Crippen molar-refractivity contribution in [3.63, 3.8) is 0 Å². The summed E-state index contributed by atoms with van der Waals surface area (Å²) >= 11 is 0. The SMILES string of the molecule is NCC1CCCN1.O=C([O-])C1(C(=O)[O-])CCC1.[Pt+2]. The van der Waals surface area contributed by atoms with E-state index in [1.54, 1.807) is 0 Å². The molecule has 1 heterocycles. The largest absolute Gasteiger partial charge is 2.00 e. The van der Waals surface area contributed by atoms with Gasteiger partial charge in [-0.3, -0.25) is 0 Å². The van der Waals surface area contributed by atoms with Crippen molar-refractivity contribution < 1.29 is 40.9 Å². The zero-order valence-electron chi connectivity index (χ0n) is 10.1. The summed E-state index contributed by atoms with van der Waals surface area (Å²) in [5, 5.41) is 23.7. The summed E-state index contributed by atoms with van der Waals surface area (Å²) in [7, 11) is 0. The topological polar surface area (TPSA) is 118 Å². The van der Waals surface area contributed by atoms with Crippen LogP contribution in [-0.4, -0.2) is 31.1 Å². The van der Waals surface area contributed by atoms with Gasteiger partial charge in [-0.25, -0.2) is 0 Å². The molecular formula is C11H18N2O4Pt. The molecular weight excluding hydrogens is 419 g/mol. The molecule has 0 aromatic carbocycles. The maximum atomic E-state index is 10.2. The molecule has 2 aliphatic rings. The Morgan fingerprint density at radius 2 is 1.78 bits per heavy atom. The van der Waals surface area contributed by atoms with Gasteiger partial charge in [0.25, 0.3) is 0 Å². The number of hydrogen-bond donors (Lipinski definition) is 2. The molecule has 2 fully saturated rings. The fourth-order valence-electron chi connectivity index (χ4n) is 1.98. The predicted octanol–water partition coefficient (Wildman–Crippen LogP) is -2.65. The molecule has 0 spiro atoms. The molecule has 2 rings (SSSR count). The zero-order valence-corrected chi connectivity index (χ0v) is 12.3. The second-order valence-electron chi connectivity index (χ2n) is 4.54. The Morgan fingerprint density at radius 3 is 1.89 bits per heavy atom. The second-order valence-corrected chi connectivity index (χ2v) is 4.54. The van der Waals surface area contributed by atoms with E-state index in [2.05, 4.69) is 5.32 Å². The molecule has 1 atom stereocenters. The quantitative estimate of drug-likeness (QED) is 0.466. The van der Waals surface area contributed by atoms with Crippen LogP contribution in [-0.2, 0) is 30.7 Å². The molecule has 1 unspecified atom stereocenters. The molecule has 6 nitrogen and oxygen atoms in total. The van der Waals surface area contributed by atoms with Gasteiger partial charge in [0.2, 0.25) is 0 Å². The Hall–Kier alpha value is -0.452. The third kappa shape index (κ3) is 4.04. The summed E-state index contributed by atoms with van der Waals surface area (Å²) < 4.78 is 0. The van der Waals surface area contributed by atoms with Gasteiger partial charge in [0.1, 0.15) is 0 Å². The van der Waals surface area contributed by atoms with E-state index in [0.717, 1.165) is 6.54 Å². The standard InChI is InChI=1S/C6H8O4.C5H12N2.Pt/c7-4(8)6(5(9)10)2-1-3-6;6-4-5-2-1-3-7-5;/h1-3H2,(H,7,8)(H,9,10);5,7H,1-4,6H2;/q;;+2/p-2. The first kappa shape index (κ1) is 17.5. The molecule has 0 aromatic rings. The van der Waals surface area contributed by atoms with Gasteiger partial charge >= 0.3 is 21.1 Å². The first-order chi connectivity index (χ1) is 8.03. The van der Waals surface area contributed by atoms with Crippen molar-refractivity contribution in [1.82, 2.24) is 5.32 Å². The van der Waals surface area contributed by atoms with E-state index in [9.17, 15) is 19.8 Å². The van der Waals surface area contributed by atoms with Gasteiger partial charge in [-0.15, -0.1) is 0 Å². The maximum Gasteiger partial charge on any atom is 2.00 e. The molecule has 106 valence electrons. The fraction of sp³-hybridized carbons (Fsp3) is 0.818. The van der Waals surface area contributed by atoms with Gasteiger partial charge in [-0.2, -0.15) is 0 Å². The molecule has 7 heteroatoms. The van der Waals surface area contributed by atoms with Crippen molar-refractivity contribution in [2.75, 3.05) is 13.1 Å². The van der Waals surface area contributed by atoms with Crippen LogP contribution in [0, 0.1) is 5.41 Å². The van der Waals surface area contributed by atoms with Crippen molar-refractivity contribution in [1.29, 1.82) is 0 Å². The number of rotatable bonds is 3. The Balaban J connectivity index is 0.000000321. The van der Waals surface area contributed by atoms with Crippen LogP contribution in [0.25, 0.3) is 0 Å². The minimum Gasteiger partial charge on any atom is -0.549 e. The van der Waals surface area contributed by atoms with E-state index in [4.69, 9.17) is 5.73 Å². The first-order valence-electron chi connectivity index (χ1n) is 5.89. The molecule has 1 saturated carbocycles. The third-order valence-electron chi connectivity index (χ3n) is 3.44. The summed E-state index contributed by atoms with van der Waals surface area (Å²) in [5.41, 5.74) is 3.70. The number of carbonyl (C=O) groups excluding carboxylic acids is 2. The van der Waals surface area contributed by atoms with Crippen LogP contribution in [0.2, 0.25) is 0 Å². The van der Waals surface area contributed by atoms with Crippen LogP contribution in [0.15, 0.2) is 0 Å². The van der Waals surface area contributed by atoms with Gasteiger partial charge in [0.15, 0.2) is 0 Å². The zero-order chi connectivity index (χ0) is 12.9. The fourth-order valence-corrected chi connectivity index (χ4v) is 1.98. The molecule has 3 N–H and O–H groups in total. The molecule has 1 aliphatic carbocycles. The van der Waals surface area contributed by atoms with E-state index < -0.39 is 17.4 Å². The summed E-state index contributed by atoms with van der Waals surface area (Å²) in [5.74, 6) is -3.03. The third-order valence-corrected chi connectivity index (χ3v) is 3.44. The van der Waals surface area contributed by atoms with Crippen LogP contribution < -0.4 is 21.3 Å². The monoisotopic (exact) mass is 437 g/mol. The maximum absolute atomic E-state index is 10.2. The van der Waals surface area contributed by atoms with E-state index in [0.29, 0.717) is 12.5 Å². The summed E-state index contributed by atoms with van der Waals surface area (Å²) in [6, 6.07) is 0.625. The number of hydrogen-bond acceptors (Lipinski definition) is 6. The van der Waals surface area contributed by atoms with Gasteiger partial charge in [0, 0.05) is 18.0 Å². The Labute approximate surface area is 121 Å². The number of nitrogens with one attached hydrogen (secondary N) is 1. The molecule has 1 saturated heterocycles. The summed E-state index contributed by atoms with van der Waals surface area (Å²) in [6.45, 7) is 1.97. The number of nitrogens with two attached hydrogens (primary N) is 1. The smallest absolute Gasteiger partial charge is 0.549 e. The van der Waals surface area contributed by atoms with Gasteiger partial charge in [0.05, 0.1) is 11.9 Å². The van der Waals surface area contributed by atoms with Crippen LogP contribution >= 0.6 is 0 Å². The normalized spacial score (nSPS) is 23.9. The molecule has 0 amide bonds. The Kier molecular flexibility index (Phi) is 7.67. The average molecular weight is 437 g/mol. The van der Waals surface area contributed by atoms with Crippen LogP contribution in [0.3, 0.4) is 0 Å². The number of carboxylic acids is 2. The minimum atomic E-state index is -1.67. The van der Waals surface area contributed by atoms with Crippen molar-refractivity contribution in [3.8, 4) is 0 Å². The average Bonchev–Trinajstić information content (AvgIpc) is 2.67. The minimum absolute atomic E-state index is 0. The van der Waals surface area contributed by atoms with Gasteiger partial charge < -0.3 is 30.9 Å². The van der Waals surface area contributed by atoms with Gasteiger partial charge in [-0.1, -0.05) is 6.42 Å². The van der Waals surface area contributed by atoms with Crippen molar-refractivity contribution in [3.05, 3.63) is 0 Å². The van der Waals surface area contributed by atoms with Crippen LogP contribution in [0.1, 0.15) is 32.1 Å². The Bertz CT molecular complexity index is 273. The molecule has 0 bridgehead atoms. The van der Waals surface area contributed by atoms with Crippen molar-refractivity contribution in [2.45, 2.75) is 38.1 Å². The number of aliphatic carboxylic acids is 2. The summed E-state index contributed by atoms with van der Waals surface area (Å²) in [4.78, 5) is 20.4. The predicted molar refractivity (Wildman–Crippen MR) is 56.4 cm³/mol. The van der Waals surface area contributed by atoms with E-state index in [1.807, 2.05) is 0 Å². The number of carboxylic acid groups (broad SMARTS) is 2. The van der Waals surface area contributed by atoms with Crippen molar-refractivity contribution in [2.24, 2.45) is 11.1 Å².